The molecule has 274 valence electrons. The van der Waals surface area contributed by atoms with Crippen LogP contribution in [0.3, 0.4) is 0 Å². The molecule has 8 nitrogen and oxygen atoms in total. The molecule has 0 fully saturated rings. The van der Waals surface area contributed by atoms with E-state index in [4.69, 9.17) is 0 Å². The van der Waals surface area contributed by atoms with Crippen LogP contribution in [0.25, 0.3) is 12.2 Å². The summed E-state index contributed by atoms with van der Waals surface area (Å²) in [7, 11) is 3.84. The van der Waals surface area contributed by atoms with Gasteiger partial charge in [-0.3, -0.25) is 14.5 Å². The Kier molecular flexibility index (Phi) is 23.8. The number of rotatable bonds is 16. The normalized spacial score (nSPS) is 9.90. The van der Waals surface area contributed by atoms with E-state index in [0.717, 1.165) is 59.9 Å². The Morgan fingerprint density at radius 3 is 1.63 bits per heavy atom. The van der Waals surface area contributed by atoms with Crippen LogP contribution >= 0.6 is 0 Å². The number of nitrogens with zero attached hydrogens (tertiary/aromatic N) is 2. The Hall–Kier alpha value is -5.78. The zero-order valence-electron chi connectivity index (χ0n) is 31.0. The summed E-state index contributed by atoms with van der Waals surface area (Å²) in [5, 5.41) is 6.00. The summed E-state index contributed by atoms with van der Waals surface area (Å²) in [4.78, 5) is 48.7. The van der Waals surface area contributed by atoms with E-state index < -0.39 is 0 Å². The summed E-state index contributed by atoms with van der Waals surface area (Å²) < 4.78 is 0. The Morgan fingerprint density at radius 2 is 1.17 bits per heavy atom. The van der Waals surface area contributed by atoms with Gasteiger partial charge in [-0.05, 0) is 73.0 Å². The molecular formula is C44H54N4O4. The number of likely N-dealkylation sites (N-methyl/N-ethyl adjacent to an activating group) is 1. The average molecular weight is 703 g/mol. The van der Waals surface area contributed by atoms with Crippen molar-refractivity contribution in [2.75, 3.05) is 50.9 Å². The molecule has 0 heterocycles. The zero-order chi connectivity index (χ0) is 38.4. The lowest BCUT2D eigenvalue weighted by atomic mass is 10.1. The Balaban J connectivity index is 0.000000580. The van der Waals surface area contributed by atoms with Crippen LogP contribution in [0.5, 0.6) is 0 Å². The molecule has 0 aromatic heterocycles. The molecule has 4 aromatic carbocycles. The number of hydrogen-bond donors (Lipinski definition) is 2. The van der Waals surface area contributed by atoms with Crippen LogP contribution in [-0.4, -0.2) is 74.5 Å². The first kappa shape index (κ1) is 44.2. The molecule has 2 amide bonds. The van der Waals surface area contributed by atoms with Crippen molar-refractivity contribution < 1.29 is 19.2 Å². The molecule has 4 rings (SSSR count). The van der Waals surface area contributed by atoms with Gasteiger partial charge in [-0.2, -0.15) is 0 Å². The van der Waals surface area contributed by atoms with Gasteiger partial charge < -0.3 is 25.1 Å². The molecule has 0 atom stereocenters. The lowest BCUT2D eigenvalue weighted by molar-refractivity contribution is -0.134. The average Bonchev–Trinajstić information content (AvgIpc) is 3.17. The van der Waals surface area contributed by atoms with Crippen molar-refractivity contribution in [3.63, 3.8) is 0 Å². The molecule has 0 saturated carbocycles. The van der Waals surface area contributed by atoms with Crippen molar-refractivity contribution in [1.82, 2.24) is 9.80 Å². The van der Waals surface area contributed by atoms with Gasteiger partial charge in [0.05, 0.1) is 19.5 Å². The van der Waals surface area contributed by atoms with Gasteiger partial charge in [0, 0.05) is 31.4 Å². The van der Waals surface area contributed by atoms with Crippen molar-refractivity contribution in [3.8, 4) is 12.8 Å². The molecule has 0 aliphatic heterocycles. The lowest BCUT2D eigenvalue weighted by Gasteiger charge is -2.21. The fourth-order valence-electron chi connectivity index (χ4n) is 4.76. The highest BCUT2D eigenvalue weighted by Gasteiger charge is 2.17. The van der Waals surface area contributed by atoms with Crippen LogP contribution < -0.4 is 10.6 Å². The van der Waals surface area contributed by atoms with Crippen molar-refractivity contribution >= 4 is 47.9 Å². The predicted octanol–water partition coefficient (Wildman–Crippen LogP) is 7.52. The first-order valence-electron chi connectivity index (χ1n) is 17.4. The zero-order valence-corrected chi connectivity index (χ0v) is 31.0. The third kappa shape index (κ3) is 19.4. The predicted molar refractivity (Wildman–Crippen MR) is 217 cm³/mol. The standard InChI is InChI=1S/C28H31N3O2.C8H8O.C6H13NO.C2H2/c1-3-19-31(28(33)20-24-7-5-4-6-8-24)21-27(32)30-26-17-13-23(14-18-26)10-9-22-11-15-25(29-2)16-12-22;9-7-6-8-4-2-1-3-5-8;1-3-4-7(2)5-6-8;1-2/h4-18,29H,3,19-21H2,1-2H3,(H,30,32);1-5,7H,6H2;6H,3-5H2,1-2H3;1-2H/b10-9+;;;. The number of carbonyl (C=O) groups excluding carboxylic acids is 4. The second-order valence-corrected chi connectivity index (χ2v) is 11.6. The van der Waals surface area contributed by atoms with E-state index in [1.807, 2.05) is 135 Å². The van der Waals surface area contributed by atoms with Gasteiger partial charge in [0.25, 0.3) is 0 Å². The Bertz CT molecular complexity index is 1600. The Labute approximate surface area is 310 Å². The molecule has 0 aliphatic rings. The first-order chi connectivity index (χ1) is 25.3. The molecule has 0 spiro atoms. The number of aldehydes is 2. The quantitative estimate of drug-likeness (QED) is 0.0712. The van der Waals surface area contributed by atoms with Crippen molar-refractivity contribution in [3.05, 3.63) is 131 Å². The van der Waals surface area contributed by atoms with Crippen molar-refractivity contribution in [2.24, 2.45) is 0 Å². The summed E-state index contributed by atoms with van der Waals surface area (Å²) in [5.74, 6) is -0.237. The molecule has 2 N–H and O–H groups in total. The van der Waals surface area contributed by atoms with E-state index in [9.17, 15) is 19.2 Å². The number of carbonyl (C=O) groups is 4. The van der Waals surface area contributed by atoms with E-state index >= 15 is 0 Å². The van der Waals surface area contributed by atoms with Crippen LogP contribution in [0.2, 0.25) is 0 Å². The molecule has 0 unspecified atom stereocenters. The number of nitrogens with one attached hydrogen (secondary N) is 2. The number of hydrogen-bond acceptors (Lipinski definition) is 6. The Morgan fingerprint density at radius 1 is 0.673 bits per heavy atom. The summed E-state index contributed by atoms with van der Waals surface area (Å²) in [5.41, 5.74) is 5.96. The van der Waals surface area contributed by atoms with Crippen molar-refractivity contribution in [1.29, 1.82) is 0 Å². The fourth-order valence-corrected chi connectivity index (χ4v) is 4.76. The highest BCUT2D eigenvalue weighted by molar-refractivity contribution is 5.95. The minimum atomic E-state index is -0.197. The largest absolute Gasteiger partial charge is 0.388 e. The van der Waals surface area contributed by atoms with Gasteiger partial charge in [-0.1, -0.05) is 111 Å². The van der Waals surface area contributed by atoms with Crippen LogP contribution in [0.15, 0.2) is 109 Å². The molecule has 0 radical (unpaired) electrons. The van der Waals surface area contributed by atoms with Gasteiger partial charge >= 0.3 is 0 Å². The summed E-state index contributed by atoms with van der Waals surface area (Å²) >= 11 is 0. The molecule has 52 heavy (non-hydrogen) atoms. The number of amides is 2. The van der Waals surface area contributed by atoms with E-state index in [0.29, 0.717) is 31.6 Å². The minimum Gasteiger partial charge on any atom is -0.388 e. The maximum atomic E-state index is 12.7. The van der Waals surface area contributed by atoms with Crippen LogP contribution in [0.1, 0.15) is 48.9 Å². The molecule has 0 bridgehead atoms. The molecule has 0 saturated heterocycles. The molecule has 4 aromatic rings. The van der Waals surface area contributed by atoms with E-state index in [1.165, 1.54) is 0 Å². The molecule has 8 heteroatoms. The lowest BCUT2D eigenvalue weighted by Crippen LogP contribution is -2.39. The fraction of sp³-hybridized carbons (Fsp3) is 0.273. The van der Waals surface area contributed by atoms with Gasteiger partial charge in [0.1, 0.15) is 12.6 Å². The summed E-state index contributed by atoms with van der Waals surface area (Å²) in [6.45, 7) is 6.28. The van der Waals surface area contributed by atoms with Crippen molar-refractivity contribution in [2.45, 2.75) is 39.5 Å². The third-order valence-corrected chi connectivity index (χ3v) is 7.39. The van der Waals surface area contributed by atoms with E-state index in [1.54, 1.807) is 4.90 Å². The van der Waals surface area contributed by atoms with E-state index in [2.05, 4.69) is 42.5 Å². The monoisotopic (exact) mass is 702 g/mol. The second-order valence-electron chi connectivity index (χ2n) is 11.6. The summed E-state index contributed by atoms with van der Waals surface area (Å²) in [6, 6.07) is 35.1. The third-order valence-electron chi connectivity index (χ3n) is 7.39. The minimum absolute atomic E-state index is 0.0403. The molecule has 0 aliphatic carbocycles. The number of anilines is 2. The van der Waals surface area contributed by atoms with Gasteiger partial charge in [0.2, 0.25) is 11.8 Å². The SMILES string of the molecule is C#C.CCCN(C)CC=O.CCCN(CC(=O)Nc1ccc(/C=C/c2ccc(NC)cc2)cc1)C(=O)Cc1ccccc1.O=CCc1ccccc1. The maximum Gasteiger partial charge on any atom is 0.243 e. The first-order valence-corrected chi connectivity index (χ1v) is 17.4. The smallest absolute Gasteiger partial charge is 0.243 e. The second kappa shape index (κ2) is 28.0. The maximum absolute atomic E-state index is 12.7. The summed E-state index contributed by atoms with van der Waals surface area (Å²) in [6.07, 6.45) is 16.7. The van der Waals surface area contributed by atoms with Crippen LogP contribution in [-0.2, 0) is 32.0 Å². The van der Waals surface area contributed by atoms with Gasteiger partial charge in [0.15, 0.2) is 0 Å². The highest BCUT2D eigenvalue weighted by Crippen LogP contribution is 2.15. The highest BCUT2D eigenvalue weighted by atomic mass is 16.2. The number of terminal acetylenes is 1. The topological polar surface area (TPSA) is 98.8 Å². The number of benzene rings is 4. The van der Waals surface area contributed by atoms with E-state index in [-0.39, 0.29) is 18.4 Å². The molecular weight excluding hydrogens is 649 g/mol. The van der Waals surface area contributed by atoms with Gasteiger partial charge in [-0.15, -0.1) is 12.8 Å². The van der Waals surface area contributed by atoms with Gasteiger partial charge in [-0.25, -0.2) is 0 Å². The van der Waals surface area contributed by atoms with Crippen LogP contribution in [0.4, 0.5) is 11.4 Å². The van der Waals surface area contributed by atoms with Crippen LogP contribution in [0, 0.1) is 12.8 Å².